The molecule has 1 fully saturated rings. The van der Waals surface area contributed by atoms with E-state index in [0.717, 1.165) is 24.2 Å². The zero-order chi connectivity index (χ0) is 18.6. The van der Waals surface area contributed by atoms with E-state index >= 15 is 0 Å². The van der Waals surface area contributed by atoms with Crippen molar-refractivity contribution in [2.45, 2.75) is 31.7 Å². The molecule has 0 unspecified atom stereocenters. The molecule has 4 rings (SSSR count). The number of amides is 1. The number of benzene rings is 2. The zero-order valence-electron chi connectivity index (χ0n) is 15.3. The molecule has 0 saturated heterocycles. The van der Waals surface area contributed by atoms with Crippen LogP contribution in [0.2, 0.25) is 0 Å². The minimum absolute atomic E-state index is 0.0679. The van der Waals surface area contributed by atoms with Crippen molar-refractivity contribution in [3.8, 4) is 28.5 Å². The largest absolute Gasteiger partial charge is 0.497 e. The fourth-order valence-corrected chi connectivity index (χ4v) is 3.49. The quantitative estimate of drug-likeness (QED) is 0.715. The Morgan fingerprint density at radius 3 is 2.59 bits per heavy atom. The highest BCUT2D eigenvalue weighted by Gasteiger charge is 2.21. The number of ether oxygens (including phenoxy) is 1. The van der Waals surface area contributed by atoms with E-state index in [9.17, 15) is 4.79 Å². The van der Waals surface area contributed by atoms with Crippen LogP contribution in [0, 0.1) is 0 Å². The maximum absolute atomic E-state index is 12.7. The van der Waals surface area contributed by atoms with Crippen LogP contribution in [0.3, 0.4) is 0 Å². The molecular formula is C22H22N2O3. The van der Waals surface area contributed by atoms with Crippen LogP contribution in [0.15, 0.2) is 59.1 Å². The van der Waals surface area contributed by atoms with Crippen LogP contribution < -0.4 is 10.1 Å². The first-order valence-corrected chi connectivity index (χ1v) is 9.25. The molecule has 5 nitrogen and oxygen atoms in total. The molecule has 5 heteroatoms. The summed E-state index contributed by atoms with van der Waals surface area (Å²) in [5.41, 5.74) is 2.20. The summed E-state index contributed by atoms with van der Waals surface area (Å²) in [6.45, 7) is 0. The number of nitrogens with one attached hydrogen (secondary N) is 1. The van der Waals surface area contributed by atoms with Crippen LogP contribution in [0.1, 0.15) is 36.0 Å². The minimum Gasteiger partial charge on any atom is -0.497 e. The second-order valence-corrected chi connectivity index (χ2v) is 6.76. The second kappa shape index (κ2) is 7.66. The lowest BCUT2D eigenvalue weighted by Gasteiger charge is -2.13. The van der Waals surface area contributed by atoms with Gasteiger partial charge >= 0.3 is 0 Å². The smallest absolute Gasteiger partial charge is 0.252 e. The highest BCUT2D eigenvalue weighted by atomic mass is 16.5. The molecule has 1 heterocycles. The molecule has 1 N–H and O–H groups in total. The van der Waals surface area contributed by atoms with E-state index in [1.54, 1.807) is 13.3 Å². The first kappa shape index (κ1) is 17.3. The van der Waals surface area contributed by atoms with Crippen molar-refractivity contribution in [1.82, 2.24) is 10.3 Å². The third-order valence-electron chi connectivity index (χ3n) is 4.97. The van der Waals surface area contributed by atoms with Crippen LogP contribution >= 0.6 is 0 Å². The van der Waals surface area contributed by atoms with Gasteiger partial charge in [0.25, 0.3) is 5.91 Å². The molecule has 0 radical (unpaired) electrons. The van der Waals surface area contributed by atoms with Crippen LogP contribution in [0.5, 0.6) is 5.75 Å². The van der Waals surface area contributed by atoms with Gasteiger partial charge in [0.15, 0.2) is 5.76 Å². The van der Waals surface area contributed by atoms with E-state index < -0.39 is 0 Å². The van der Waals surface area contributed by atoms with Crippen molar-refractivity contribution >= 4 is 5.91 Å². The van der Waals surface area contributed by atoms with Crippen molar-refractivity contribution in [3.63, 3.8) is 0 Å². The Morgan fingerprint density at radius 1 is 1.11 bits per heavy atom. The van der Waals surface area contributed by atoms with Crippen LogP contribution in [0.4, 0.5) is 0 Å². The summed E-state index contributed by atoms with van der Waals surface area (Å²) < 4.78 is 11.1. The predicted octanol–water partition coefficient (Wildman–Crippen LogP) is 4.69. The average Bonchev–Trinajstić information content (AvgIpc) is 3.40. The first-order valence-electron chi connectivity index (χ1n) is 9.25. The highest BCUT2D eigenvalue weighted by Crippen LogP contribution is 2.29. The molecule has 27 heavy (non-hydrogen) atoms. The van der Waals surface area contributed by atoms with Gasteiger partial charge in [-0.1, -0.05) is 25.0 Å². The highest BCUT2D eigenvalue weighted by molar-refractivity contribution is 6.00. The van der Waals surface area contributed by atoms with Gasteiger partial charge in [-0.15, -0.1) is 0 Å². The summed E-state index contributed by atoms with van der Waals surface area (Å²) in [6, 6.07) is 15.3. The van der Waals surface area contributed by atoms with E-state index in [1.165, 1.54) is 12.8 Å². The Hall–Kier alpha value is -3.08. The van der Waals surface area contributed by atoms with Gasteiger partial charge in [-0.25, -0.2) is 4.98 Å². The van der Waals surface area contributed by atoms with Crippen molar-refractivity contribution < 1.29 is 13.9 Å². The number of rotatable bonds is 5. The average molecular weight is 362 g/mol. The third-order valence-corrected chi connectivity index (χ3v) is 4.97. The van der Waals surface area contributed by atoms with Crippen molar-refractivity contribution in [3.05, 3.63) is 60.3 Å². The zero-order valence-corrected chi connectivity index (χ0v) is 15.3. The van der Waals surface area contributed by atoms with Gasteiger partial charge in [-0.2, -0.15) is 0 Å². The lowest BCUT2D eigenvalue weighted by atomic mass is 10.1. The van der Waals surface area contributed by atoms with Crippen molar-refractivity contribution in [2.24, 2.45) is 0 Å². The molecule has 0 atom stereocenters. The monoisotopic (exact) mass is 362 g/mol. The Morgan fingerprint density at radius 2 is 1.85 bits per heavy atom. The van der Waals surface area contributed by atoms with E-state index in [-0.39, 0.29) is 11.9 Å². The number of carbonyl (C=O) groups is 1. The molecule has 0 bridgehead atoms. The van der Waals surface area contributed by atoms with Gasteiger partial charge in [0.1, 0.15) is 5.75 Å². The predicted molar refractivity (Wildman–Crippen MR) is 104 cm³/mol. The minimum atomic E-state index is -0.0679. The van der Waals surface area contributed by atoms with Crippen LogP contribution in [-0.4, -0.2) is 24.0 Å². The second-order valence-electron chi connectivity index (χ2n) is 6.76. The number of aromatic nitrogens is 1. The number of methoxy groups -OCH3 is 1. The van der Waals surface area contributed by atoms with Gasteiger partial charge in [-0.05, 0) is 49.2 Å². The van der Waals surface area contributed by atoms with Crippen LogP contribution in [-0.2, 0) is 0 Å². The SMILES string of the molecule is COc1ccc(-c2cnc(-c3ccccc3C(=O)NC3CCCC3)o2)cc1. The van der Waals surface area contributed by atoms with Crippen LogP contribution in [0.25, 0.3) is 22.8 Å². The van der Waals surface area contributed by atoms with E-state index in [2.05, 4.69) is 10.3 Å². The maximum Gasteiger partial charge on any atom is 0.252 e. The number of hydrogen-bond donors (Lipinski definition) is 1. The number of hydrogen-bond acceptors (Lipinski definition) is 4. The summed E-state index contributed by atoms with van der Waals surface area (Å²) in [5.74, 6) is 1.81. The lowest BCUT2D eigenvalue weighted by Crippen LogP contribution is -2.32. The Balaban J connectivity index is 1.60. The Kier molecular flexibility index (Phi) is 4.92. The number of oxazole rings is 1. The van der Waals surface area contributed by atoms with Crippen molar-refractivity contribution in [1.29, 1.82) is 0 Å². The van der Waals surface area contributed by atoms with Gasteiger partial charge in [0.2, 0.25) is 5.89 Å². The number of nitrogens with zero attached hydrogens (tertiary/aromatic N) is 1. The fourth-order valence-electron chi connectivity index (χ4n) is 3.49. The number of carbonyl (C=O) groups excluding carboxylic acids is 1. The van der Waals surface area contributed by atoms with Gasteiger partial charge in [-0.3, -0.25) is 4.79 Å². The molecular weight excluding hydrogens is 340 g/mol. The topological polar surface area (TPSA) is 64.4 Å². The van der Waals surface area contributed by atoms with Gasteiger partial charge < -0.3 is 14.5 Å². The molecule has 0 aliphatic heterocycles. The summed E-state index contributed by atoms with van der Waals surface area (Å²) in [7, 11) is 1.63. The summed E-state index contributed by atoms with van der Waals surface area (Å²) in [6.07, 6.45) is 6.14. The first-order chi connectivity index (χ1) is 13.2. The molecule has 1 aliphatic carbocycles. The standard InChI is InChI=1S/C22H22N2O3/c1-26-17-12-10-15(11-13-17)20-14-23-22(27-20)19-9-5-4-8-18(19)21(25)24-16-6-2-3-7-16/h4-5,8-14,16H,2-3,6-7H2,1H3,(H,24,25). The van der Waals surface area contributed by atoms with Gasteiger partial charge in [0.05, 0.1) is 18.9 Å². The summed E-state index contributed by atoms with van der Waals surface area (Å²) in [5, 5.41) is 3.13. The molecule has 2 aromatic carbocycles. The molecule has 0 spiro atoms. The molecule has 1 aromatic heterocycles. The van der Waals surface area contributed by atoms with E-state index in [1.807, 2.05) is 48.5 Å². The van der Waals surface area contributed by atoms with Gasteiger partial charge in [0, 0.05) is 17.2 Å². The molecule has 3 aromatic rings. The molecule has 1 amide bonds. The molecule has 138 valence electrons. The Bertz CT molecular complexity index is 925. The Labute approximate surface area is 158 Å². The fraction of sp³-hybridized carbons (Fsp3) is 0.273. The molecule has 1 aliphatic rings. The summed E-state index contributed by atoms with van der Waals surface area (Å²) in [4.78, 5) is 17.2. The lowest BCUT2D eigenvalue weighted by molar-refractivity contribution is 0.0938. The molecule has 1 saturated carbocycles. The summed E-state index contributed by atoms with van der Waals surface area (Å²) >= 11 is 0. The normalized spacial score (nSPS) is 14.3. The van der Waals surface area contributed by atoms with E-state index in [4.69, 9.17) is 9.15 Å². The van der Waals surface area contributed by atoms with E-state index in [0.29, 0.717) is 22.8 Å². The third kappa shape index (κ3) is 3.72. The maximum atomic E-state index is 12.7. The van der Waals surface area contributed by atoms with Crippen molar-refractivity contribution in [2.75, 3.05) is 7.11 Å².